The van der Waals surface area contributed by atoms with E-state index in [4.69, 9.17) is 9.47 Å². The standard InChI is InChI=1S/C13H24NO4/c1-3-6-13(16)18-9-5-7-14-10-12(15)11-17-8-4-2/h3,6,12,14-15H,2,4-5,7-11H2,1H3. The van der Waals surface area contributed by atoms with E-state index in [0.29, 0.717) is 39.3 Å². The van der Waals surface area contributed by atoms with Gasteiger partial charge in [-0.05, 0) is 26.3 Å². The Morgan fingerprint density at radius 2 is 2.28 bits per heavy atom. The van der Waals surface area contributed by atoms with Crippen molar-refractivity contribution in [2.75, 3.05) is 32.9 Å². The maximum Gasteiger partial charge on any atom is 0.330 e. The molecular weight excluding hydrogens is 234 g/mol. The highest BCUT2D eigenvalue weighted by molar-refractivity contribution is 5.81. The van der Waals surface area contributed by atoms with Crippen molar-refractivity contribution in [3.05, 3.63) is 19.1 Å². The fourth-order valence-electron chi connectivity index (χ4n) is 1.20. The van der Waals surface area contributed by atoms with Crippen LogP contribution in [0.4, 0.5) is 0 Å². The molecule has 5 nitrogen and oxygen atoms in total. The molecule has 1 atom stereocenters. The molecule has 0 heterocycles. The molecule has 0 aliphatic rings. The lowest BCUT2D eigenvalue weighted by atomic mass is 10.3. The van der Waals surface area contributed by atoms with E-state index in [2.05, 4.69) is 12.2 Å². The Kier molecular flexibility index (Phi) is 11.9. The van der Waals surface area contributed by atoms with Crippen molar-refractivity contribution in [1.29, 1.82) is 0 Å². The molecule has 1 radical (unpaired) electrons. The molecule has 0 aromatic heterocycles. The summed E-state index contributed by atoms with van der Waals surface area (Å²) in [5.74, 6) is -0.320. The van der Waals surface area contributed by atoms with Crippen LogP contribution >= 0.6 is 0 Å². The lowest BCUT2D eigenvalue weighted by Crippen LogP contribution is -2.31. The minimum atomic E-state index is -0.512. The van der Waals surface area contributed by atoms with Gasteiger partial charge in [0, 0.05) is 19.2 Å². The summed E-state index contributed by atoms with van der Waals surface area (Å²) in [5, 5.41) is 12.6. The number of hydrogen-bond acceptors (Lipinski definition) is 5. The summed E-state index contributed by atoms with van der Waals surface area (Å²) < 4.78 is 10.1. The Balaban J connectivity index is 3.26. The molecular formula is C13H24NO4. The minimum absolute atomic E-state index is 0.318. The van der Waals surface area contributed by atoms with Crippen molar-refractivity contribution in [2.24, 2.45) is 0 Å². The Labute approximate surface area is 109 Å². The summed E-state index contributed by atoms with van der Waals surface area (Å²) >= 11 is 0. The van der Waals surface area contributed by atoms with E-state index in [0.717, 1.165) is 6.42 Å². The number of aliphatic hydroxyl groups is 1. The third-order valence-electron chi connectivity index (χ3n) is 2.02. The monoisotopic (exact) mass is 258 g/mol. The first-order chi connectivity index (χ1) is 8.70. The van der Waals surface area contributed by atoms with Crippen LogP contribution in [0.2, 0.25) is 0 Å². The molecule has 105 valence electrons. The first kappa shape index (κ1) is 17.1. The van der Waals surface area contributed by atoms with E-state index in [1.165, 1.54) is 6.08 Å². The summed E-state index contributed by atoms with van der Waals surface area (Å²) in [5.41, 5.74) is 0. The molecule has 0 bridgehead atoms. The van der Waals surface area contributed by atoms with Crippen LogP contribution in [0.5, 0.6) is 0 Å². The zero-order chi connectivity index (χ0) is 13.6. The molecule has 0 aliphatic heterocycles. The maximum atomic E-state index is 10.9. The molecule has 0 saturated carbocycles. The first-order valence-electron chi connectivity index (χ1n) is 6.26. The molecule has 0 rings (SSSR count). The minimum Gasteiger partial charge on any atom is -0.462 e. The van der Waals surface area contributed by atoms with Crippen molar-refractivity contribution < 1.29 is 19.4 Å². The van der Waals surface area contributed by atoms with Crippen LogP contribution in [-0.2, 0) is 14.3 Å². The first-order valence-corrected chi connectivity index (χ1v) is 6.26. The molecule has 0 saturated heterocycles. The number of carbonyl (C=O) groups is 1. The third-order valence-corrected chi connectivity index (χ3v) is 2.02. The topological polar surface area (TPSA) is 67.8 Å². The molecule has 5 heteroatoms. The summed E-state index contributed by atoms with van der Waals surface area (Å²) in [6.45, 7) is 7.83. The summed E-state index contributed by atoms with van der Waals surface area (Å²) in [7, 11) is 0. The van der Waals surface area contributed by atoms with Crippen molar-refractivity contribution in [1.82, 2.24) is 5.32 Å². The zero-order valence-corrected chi connectivity index (χ0v) is 11.1. The van der Waals surface area contributed by atoms with Crippen LogP contribution in [-0.4, -0.2) is 50.1 Å². The number of nitrogens with one attached hydrogen (secondary N) is 1. The molecule has 1 unspecified atom stereocenters. The van der Waals surface area contributed by atoms with E-state index >= 15 is 0 Å². The highest BCUT2D eigenvalue weighted by Gasteiger charge is 2.03. The number of hydrogen-bond donors (Lipinski definition) is 2. The second-order valence-corrected chi connectivity index (χ2v) is 3.81. The van der Waals surface area contributed by atoms with Gasteiger partial charge in [-0.3, -0.25) is 0 Å². The predicted octanol–water partition coefficient (Wildman–Crippen LogP) is 0.687. The van der Waals surface area contributed by atoms with Crippen molar-refractivity contribution in [3.8, 4) is 0 Å². The summed E-state index contributed by atoms with van der Waals surface area (Å²) in [6.07, 6.45) is 3.94. The Morgan fingerprint density at radius 1 is 1.50 bits per heavy atom. The SMILES string of the molecule is [CH2]CCOCC(O)CNCCCOC(=O)C=CC. The van der Waals surface area contributed by atoms with Crippen molar-refractivity contribution in [3.63, 3.8) is 0 Å². The van der Waals surface area contributed by atoms with Gasteiger partial charge in [0.25, 0.3) is 0 Å². The van der Waals surface area contributed by atoms with Gasteiger partial charge in [-0.15, -0.1) is 0 Å². The molecule has 0 amide bonds. The second-order valence-electron chi connectivity index (χ2n) is 3.81. The lowest BCUT2D eigenvalue weighted by molar-refractivity contribution is -0.137. The average molecular weight is 258 g/mol. The highest BCUT2D eigenvalue weighted by Crippen LogP contribution is 1.88. The second kappa shape index (κ2) is 12.5. The normalized spacial score (nSPS) is 12.8. The molecule has 18 heavy (non-hydrogen) atoms. The van der Waals surface area contributed by atoms with Gasteiger partial charge >= 0.3 is 5.97 Å². The van der Waals surface area contributed by atoms with Crippen LogP contribution in [0.3, 0.4) is 0 Å². The number of carbonyl (C=O) groups excluding carboxylic acids is 1. The molecule has 2 N–H and O–H groups in total. The average Bonchev–Trinajstić information content (AvgIpc) is 2.34. The number of allylic oxidation sites excluding steroid dienone is 1. The number of rotatable bonds is 11. The number of aliphatic hydroxyl groups excluding tert-OH is 1. The van der Waals surface area contributed by atoms with Gasteiger partial charge in [-0.25, -0.2) is 4.79 Å². The van der Waals surface area contributed by atoms with E-state index in [1.807, 2.05) is 0 Å². The highest BCUT2D eigenvalue weighted by atomic mass is 16.5. The number of esters is 1. The molecule has 0 spiro atoms. The van der Waals surface area contributed by atoms with Crippen LogP contribution in [0.1, 0.15) is 19.8 Å². The van der Waals surface area contributed by atoms with Gasteiger partial charge in [0.05, 0.1) is 19.3 Å². The molecule has 0 aromatic carbocycles. The van der Waals surface area contributed by atoms with Crippen molar-refractivity contribution >= 4 is 5.97 Å². The van der Waals surface area contributed by atoms with Gasteiger partial charge in [-0.1, -0.05) is 13.0 Å². The molecule has 0 aliphatic carbocycles. The van der Waals surface area contributed by atoms with E-state index in [9.17, 15) is 9.90 Å². The molecule has 0 fully saturated rings. The van der Waals surface area contributed by atoms with E-state index < -0.39 is 6.10 Å². The Bertz CT molecular complexity index is 231. The summed E-state index contributed by atoms with van der Waals surface area (Å²) in [4.78, 5) is 10.9. The molecule has 0 aromatic rings. The quantitative estimate of drug-likeness (QED) is 0.324. The van der Waals surface area contributed by atoms with Gasteiger partial charge in [-0.2, -0.15) is 0 Å². The lowest BCUT2D eigenvalue weighted by Gasteiger charge is -2.11. The number of ether oxygens (including phenoxy) is 2. The van der Waals surface area contributed by atoms with Gasteiger partial charge in [0.2, 0.25) is 0 Å². The van der Waals surface area contributed by atoms with E-state index in [-0.39, 0.29) is 5.97 Å². The van der Waals surface area contributed by atoms with Crippen LogP contribution < -0.4 is 5.32 Å². The maximum absolute atomic E-state index is 10.9. The fraction of sp³-hybridized carbons (Fsp3) is 0.692. The van der Waals surface area contributed by atoms with Crippen LogP contribution in [0, 0.1) is 6.92 Å². The zero-order valence-electron chi connectivity index (χ0n) is 11.1. The van der Waals surface area contributed by atoms with Gasteiger partial charge in [0.15, 0.2) is 0 Å². The summed E-state index contributed by atoms with van der Waals surface area (Å²) in [6, 6.07) is 0. The Hall–Kier alpha value is -0.910. The van der Waals surface area contributed by atoms with Crippen molar-refractivity contribution in [2.45, 2.75) is 25.9 Å². The van der Waals surface area contributed by atoms with Gasteiger partial charge < -0.3 is 19.9 Å². The Morgan fingerprint density at radius 3 is 2.94 bits per heavy atom. The van der Waals surface area contributed by atoms with E-state index in [1.54, 1.807) is 13.0 Å². The van der Waals surface area contributed by atoms with Crippen LogP contribution in [0.15, 0.2) is 12.2 Å². The predicted molar refractivity (Wildman–Crippen MR) is 70.1 cm³/mol. The smallest absolute Gasteiger partial charge is 0.330 e. The fourth-order valence-corrected chi connectivity index (χ4v) is 1.20. The third kappa shape index (κ3) is 11.6. The largest absolute Gasteiger partial charge is 0.462 e. The van der Waals surface area contributed by atoms with Gasteiger partial charge in [0.1, 0.15) is 0 Å². The van der Waals surface area contributed by atoms with Crippen LogP contribution in [0.25, 0.3) is 0 Å².